The van der Waals surface area contributed by atoms with Gasteiger partial charge in [-0.05, 0) is 73.6 Å². The molecule has 0 aliphatic heterocycles. The number of methoxy groups -OCH3 is 1. The van der Waals surface area contributed by atoms with Crippen LogP contribution in [0.1, 0.15) is 56.1 Å². The summed E-state index contributed by atoms with van der Waals surface area (Å²) in [5.74, 6) is 2.11. The normalized spacial score (nSPS) is 31.7. The number of phenolic OH excluding ortho intramolecular Hbond substituents is 1. The lowest BCUT2D eigenvalue weighted by atomic mass is 9.55. The van der Waals surface area contributed by atoms with Crippen molar-refractivity contribution in [1.82, 2.24) is 4.98 Å². The largest absolute Gasteiger partial charge is 0.504 e. The second-order valence-electron chi connectivity index (χ2n) is 9.03. The fraction of sp³-hybridized carbons (Fsp3) is 0.458. The first kappa shape index (κ1) is 19.8. The number of fused-ring (bicyclic) bond motifs is 5. The number of aromatic hydroxyl groups is 1. The Bertz CT molecular complexity index is 1050. The van der Waals surface area contributed by atoms with Gasteiger partial charge in [-0.2, -0.15) is 0 Å². The maximum Gasteiger partial charge on any atom is 0.248 e. The van der Waals surface area contributed by atoms with Crippen molar-refractivity contribution in [2.45, 2.75) is 44.9 Å². The van der Waals surface area contributed by atoms with Crippen LogP contribution in [-0.2, 0) is 0 Å². The summed E-state index contributed by atoms with van der Waals surface area (Å²) in [4.78, 5) is 9.85. The van der Waals surface area contributed by atoms with Crippen LogP contribution in [-0.4, -0.2) is 33.8 Å². The lowest BCUT2D eigenvalue weighted by Crippen LogP contribution is -2.43. The molecule has 0 bridgehead atoms. The van der Waals surface area contributed by atoms with Crippen molar-refractivity contribution in [2.24, 2.45) is 27.6 Å². The summed E-state index contributed by atoms with van der Waals surface area (Å²) in [6, 6.07) is 9.14. The van der Waals surface area contributed by atoms with E-state index in [1.807, 2.05) is 18.2 Å². The van der Waals surface area contributed by atoms with Crippen LogP contribution in [0.15, 0.2) is 46.8 Å². The Morgan fingerprint density at radius 3 is 2.84 bits per heavy atom. The molecule has 5 rings (SSSR count). The third-order valence-corrected chi connectivity index (χ3v) is 7.68. The minimum absolute atomic E-state index is 0.0820. The summed E-state index contributed by atoms with van der Waals surface area (Å²) >= 11 is 0. The zero-order valence-corrected chi connectivity index (χ0v) is 17.8. The lowest BCUT2D eigenvalue weighted by Gasteiger charge is -2.48. The van der Waals surface area contributed by atoms with Gasteiger partial charge in [-0.15, -0.1) is 0 Å². The van der Waals surface area contributed by atoms with Crippen LogP contribution >= 0.6 is 0 Å². The molecule has 1 aromatic carbocycles. The summed E-state index contributed by atoms with van der Waals surface area (Å²) in [7, 11) is 1.57. The molecule has 1 heterocycles. The van der Waals surface area contributed by atoms with Gasteiger partial charge in [0.25, 0.3) is 0 Å². The number of phenols is 1. The summed E-state index contributed by atoms with van der Waals surface area (Å²) in [6.07, 6.45) is 6.23. The average molecular weight is 421 g/mol. The number of hydrogen-bond donors (Lipinski definition) is 2. The van der Waals surface area contributed by atoms with Crippen molar-refractivity contribution in [3.8, 4) is 17.4 Å². The SMILES string of the molecule is COc1cc2c(cc1O)C(=NOc1ccccn1)C[C@@H]1[C@@H]2CC[C@]2(C)C(=NO)CC[C@@H]12. The van der Waals surface area contributed by atoms with E-state index in [4.69, 9.17) is 9.57 Å². The topological polar surface area (TPSA) is 96.5 Å². The fourth-order valence-electron chi connectivity index (χ4n) is 6.14. The van der Waals surface area contributed by atoms with E-state index in [-0.39, 0.29) is 11.2 Å². The molecule has 2 aromatic rings. The van der Waals surface area contributed by atoms with Gasteiger partial charge in [-0.25, -0.2) is 4.98 Å². The number of hydrogen-bond acceptors (Lipinski definition) is 7. The van der Waals surface area contributed by atoms with Crippen LogP contribution in [0.25, 0.3) is 0 Å². The Kier molecular flexibility index (Phi) is 4.84. The monoisotopic (exact) mass is 421 g/mol. The van der Waals surface area contributed by atoms with Crippen LogP contribution < -0.4 is 9.57 Å². The maximum atomic E-state index is 10.4. The van der Waals surface area contributed by atoms with Gasteiger partial charge >= 0.3 is 0 Å². The van der Waals surface area contributed by atoms with Gasteiger partial charge in [0.15, 0.2) is 11.5 Å². The van der Waals surface area contributed by atoms with E-state index >= 15 is 0 Å². The third-order valence-electron chi connectivity index (χ3n) is 7.68. The molecule has 31 heavy (non-hydrogen) atoms. The predicted octanol–water partition coefficient (Wildman–Crippen LogP) is 4.72. The summed E-state index contributed by atoms with van der Waals surface area (Å²) < 4.78 is 5.41. The van der Waals surface area contributed by atoms with E-state index < -0.39 is 0 Å². The highest BCUT2D eigenvalue weighted by Gasteiger charge is 2.54. The van der Waals surface area contributed by atoms with E-state index in [0.29, 0.717) is 29.4 Å². The van der Waals surface area contributed by atoms with Crippen LogP contribution in [0.5, 0.6) is 17.4 Å². The van der Waals surface area contributed by atoms with Crippen molar-refractivity contribution in [1.29, 1.82) is 0 Å². The van der Waals surface area contributed by atoms with Gasteiger partial charge in [0.2, 0.25) is 5.88 Å². The molecule has 0 radical (unpaired) electrons. The zero-order chi connectivity index (χ0) is 21.6. The highest BCUT2D eigenvalue weighted by Crippen LogP contribution is 2.60. The van der Waals surface area contributed by atoms with E-state index in [2.05, 4.69) is 22.2 Å². The third kappa shape index (κ3) is 3.14. The Morgan fingerprint density at radius 2 is 2.10 bits per heavy atom. The molecule has 4 atom stereocenters. The molecule has 3 aliphatic rings. The highest BCUT2D eigenvalue weighted by molar-refractivity contribution is 6.04. The van der Waals surface area contributed by atoms with Crippen LogP contribution in [0.3, 0.4) is 0 Å². The van der Waals surface area contributed by atoms with E-state index in [1.54, 1.807) is 25.4 Å². The minimum atomic E-state index is -0.0820. The van der Waals surface area contributed by atoms with Crippen molar-refractivity contribution in [2.75, 3.05) is 7.11 Å². The van der Waals surface area contributed by atoms with Gasteiger partial charge in [-0.3, -0.25) is 0 Å². The number of nitrogens with zero attached hydrogens (tertiary/aromatic N) is 3. The van der Waals surface area contributed by atoms with Crippen LogP contribution in [0, 0.1) is 17.3 Å². The predicted molar refractivity (Wildman–Crippen MR) is 116 cm³/mol. The molecule has 0 saturated heterocycles. The quantitative estimate of drug-likeness (QED) is 0.552. The number of benzene rings is 1. The molecule has 7 heteroatoms. The van der Waals surface area contributed by atoms with Crippen molar-refractivity contribution >= 4 is 11.4 Å². The molecule has 2 N–H and O–H groups in total. The molecule has 0 amide bonds. The van der Waals surface area contributed by atoms with E-state index in [0.717, 1.165) is 54.7 Å². The first-order valence-corrected chi connectivity index (χ1v) is 10.8. The van der Waals surface area contributed by atoms with Gasteiger partial charge in [0, 0.05) is 23.2 Å². The Hall–Kier alpha value is -3.09. The molecule has 2 fully saturated rings. The Balaban J connectivity index is 1.58. The second kappa shape index (κ2) is 7.55. The molecule has 1 aromatic heterocycles. The minimum Gasteiger partial charge on any atom is -0.504 e. The van der Waals surface area contributed by atoms with Crippen LogP contribution in [0.2, 0.25) is 0 Å². The molecule has 0 unspecified atom stereocenters. The number of ether oxygens (including phenoxy) is 1. The van der Waals surface area contributed by atoms with E-state index in [1.165, 1.54) is 0 Å². The van der Waals surface area contributed by atoms with Crippen molar-refractivity contribution in [3.63, 3.8) is 0 Å². The summed E-state index contributed by atoms with van der Waals surface area (Å²) in [5, 5.41) is 28.2. The molecule has 7 nitrogen and oxygen atoms in total. The first-order valence-electron chi connectivity index (χ1n) is 10.8. The molecule has 3 aliphatic carbocycles. The maximum absolute atomic E-state index is 10.4. The van der Waals surface area contributed by atoms with E-state index in [9.17, 15) is 10.3 Å². The molecular formula is C24H27N3O4. The van der Waals surface area contributed by atoms with Crippen molar-refractivity contribution in [3.05, 3.63) is 47.7 Å². The van der Waals surface area contributed by atoms with Gasteiger partial charge in [-0.1, -0.05) is 23.3 Å². The summed E-state index contributed by atoms with van der Waals surface area (Å²) in [5.41, 5.74) is 3.70. The van der Waals surface area contributed by atoms with Gasteiger partial charge in [0.1, 0.15) is 0 Å². The average Bonchev–Trinajstić information content (AvgIpc) is 3.14. The Labute approximate surface area is 181 Å². The number of pyridine rings is 1. The smallest absolute Gasteiger partial charge is 0.248 e. The number of aromatic nitrogens is 1. The fourth-order valence-corrected chi connectivity index (χ4v) is 6.14. The number of oxime groups is 2. The molecule has 2 saturated carbocycles. The van der Waals surface area contributed by atoms with Gasteiger partial charge < -0.3 is 19.9 Å². The van der Waals surface area contributed by atoms with Gasteiger partial charge in [0.05, 0.1) is 18.5 Å². The van der Waals surface area contributed by atoms with Crippen LogP contribution in [0.4, 0.5) is 0 Å². The lowest BCUT2D eigenvalue weighted by molar-refractivity contribution is 0.108. The highest BCUT2D eigenvalue weighted by atomic mass is 16.6. The zero-order valence-electron chi connectivity index (χ0n) is 17.8. The first-order chi connectivity index (χ1) is 15.0. The summed E-state index contributed by atoms with van der Waals surface area (Å²) in [6.45, 7) is 2.24. The van der Waals surface area contributed by atoms with Crippen molar-refractivity contribution < 1.29 is 19.9 Å². The second-order valence-corrected chi connectivity index (χ2v) is 9.03. The number of rotatable bonds is 3. The molecular weight excluding hydrogens is 394 g/mol. The Morgan fingerprint density at radius 1 is 1.23 bits per heavy atom. The standard InChI is InChI=1S/C24H27N3O4/c1-24-9-8-14-15-13-21(30-2)20(28)12-17(15)19(27-31-23-5-3-4-10-25-23)11-16(14)18(24)6-7-22(24)26-29/h3-5,10,12-14,16,18,28-29H,6-9,11H2,1-2H3/t14-,16-,18+,24+/m1/s1. The molecule has 0 spiro atoms. The molecule has 162 valence electrons.